The van der Waals surface area contributed by atoms with Crippen molar-refractivity contribution in [2.45, 2.75) is 81.9 Å². The number of ether oxygens (including phenoxy) is 2. The van der Waals surface area contributed by atoms with Crippen LogP contribution in [-0.4, -0.2) is 84.6 Å². The molecular weight excluding hydrogens is 488 g/mol. The molecule has 4 atom stereocenters. The van der Waals surface area contributed by atoms with E-state index < -0.39 is 0 Å². The van der Waals surface area contributed by atoms with Gasteiger partial charge in [0.15, 0.2) is 11.5 Å². The van der Waals surface area contributed by atoms with Gasteiger partial charge >= 0.3 is 0 Å². The Kier molecular flexibility index (Phi) is 5.45. The molecule has 1 spiro atoms. The van der Waals surface area contributed by atoms with E-state index in [4.69, 9.17) is 9.47 Å². The van der Waals surface area contributed by atoms with E-state index in [9.17, 15) is 4.79 Å². The zero-order valence-corrected chi connectivity index (χ0v) is 23.7. The third-order valence-corrected chi connectivity index (χ3v) is 11.6. The standard InChI is InChI=1S/C32H42N4O3/c1-19-22-18-23-24-17-20-9-10-25(38-3)29-26(20)32(23,11-12-34(24)2)30(39-29)28(22)33-27(19)31(37)36-15-13-35(14-16-36)21-7-5-4-6-8-21/h9-10,21,23-24,30,33H,4-8,11-18H2,1-3H3/t23?,24-,30-,32-/m0/s1. The van der Waals surface area contributed by atoms with Crippen LogP contribution in [0.1, 0.15) is 83.1 Å². The predicted molar refractivity (Wildman–Crippen MR) is 150 cm³/mol. The van der Waals surface area contributed by atoms with E-state index in [0.717, 1.165) is 86.5 Å². The number of nitrogens with one attached hydrogen (secondary N) is 1. The zero-order valence-electron chi connectivity index (χ0n) is 23.7. The van der Waals surface area contributed by atoms with Gasteiger partial charge in [-0.25, -0.2) is 0 Å². The molecule has 7 nitrogen and oxygen atoms in total. The molecular formula is C32H42N4O3. The van der Waals surface area contributed by atoms with Gasteiger partial charge in [-0.15, -0.1) is 0 Å². The lowest BCUT2D eigenvalue weighted by molar-refractivity contribution is -0.0256. The number of hydrogen-bond acceptors (Lipinski definition) is 5. The van der Waals surface area contributed by atoms with Crippen molar-refractivity contribution >= 4 is 5.91 Å². The molecule has 2 saturated heterocycles. The summed E-state index contributed by atoms with van der Waals surface area (Å²) in [5.41, 5.74) is 7.15. The average molecular weight is 531 g/mol. The third kappa shape index (κ3) is 3.26. The minimum absolute atomic E-state index is 0.0507. The number of amides is 1. The molecule has 39 heavy (non-hydrogen) atoms. The third-order valence-electron chi connectivity index (χ3n) is 11.6. The molecule has 1 amide bonds. The molecule has 2 aromatic rings. The van der Waals surface area contributed by atoms with E-state index >= 15 is 0 Å². The van der Waals surface area contributed by atoms with Gasteiger partial charge in [0.1, 0.15) is 11.8 Å². The molecule has 1 N–H and O–H groups in total. The fourth-order valence-corrected chi connectivity index (χ4v) is 9.55. The van der Waals surface area contributed by atoms with Crippen LogP contribution in [0.15, 0.2) is 12.1 Å². The number of methoxy groups -OCH3 is 1. The number of aromatic amines is 1. The normalized spacial score (nSPS) is 32.0. The van der Waals surface area contributed by atoms with Crippen molar-refractivity contribution in [1.29, 1.82) is 0 Å². The molecule has 208 valence electrons. The van der Waals surface area contributed by atoms with Crippen molar-refractivity contribution in [2.75, 3.05) is 46.9 Å². The molecule has 0 radical (unpaired) electrons. The van der Waals surface area contributed by atoms with Crippen LogP contribution in [0, 0.1) is 12.8 Å². The van der Waals surface area contributed by atoms with Crippen LogP contribution in [0.4, 0.5) is 0 Å². The van der Waals surface area contributed by atoms with Crippen LogP contribution in [-0.2, 0) is 18.3 Å². The number of likely N-dealkylation sites (tertiary alicyclic amines) is 1. The fraction of sp³-hybridized carbons (Fsp3) is 0.656. The highest BCUT2D eigenvalue weighted by Gasteiger charge is 2.65. The maximum Gasteiger partial charge on any atom is 0.270 e. The number of benzene rings is 1. The number of piperidine rings is 1. The first kappa shape index (κ1) is 24.3. The van der Waals surface area contributed by atoms with Gasteiger partial charge in [-0.2, -0.15) is 0 Å². The van der Waals surface area contributed by atoms with Crippen LogP contribution >= 0.6 is 0 Å². The van der Waals surface area contributed by atoms with Crippen LogP contribution in [0.25, 0.3) is 0 Å². The first-order valence-electron chi connectivity index (χ1n) is 15.3. The quantitative estimate of drug-likeness (QED) is 0.644. The first-order chi connectivity index (χ1) is 19.0. The summed E-state index contributed by atoms with van der Waals surface area (Å²) < 4.78 is 12.7. The second kappa shape index (κ2) is 8.74. The molecule has 3 aliphatic carbocycles. The van der Waals surface area contributed by atoms with Gasteiger partial charge < -0.3 is 24.3 Å². The van der Waals surface area contributed by atoms with E-state index in [1.807, 2.05) is 0 Å². The summed E-state index contributed by atoms with van der Waals surface area (Å²) >= 11 is 0. The van der Waals surface area contributed by atoms with Gasteiger partial charge in [-0.3, -0.25) is 9.69 Å². The molecule has 7 heteroatoms. The number of carbonyl (C=O) groups is 1. The van der Waals surface area contributed by atoms with E-state index in [0.29, 0.717) is 12.0 Å². The number of hydrogen-bond donors (Lipinski definition) is 1. The van der Waals surface area contributed by atoms with E-state index in [-0.39, 0.29) is 17.4 Å². The van der Waals surface area contributed by atoms with Crippen LogP contribution in [0.3, 0.4) is 0 Å². The Morgan fingerprint density at radius 1 is 1.08 bits per heavy atom. The summed E-state index contributed by atoms with van der Waals surface area (Å²) in [4.78, 5) is 25.0. The topological polar surface area (TPSA) is 61.0 Å². The number of aromatic nitrogens is 1. The van der Waals surface area contributed by atoms with Gasteiger partial charge in [-0.1, -0.05) is 25.3 Å². The Balaban J connectivity index is 1.13. The predicted octanol–water partition coefficient (Wildman–Crippen LogP) is 4.23. The Hall–Kier alpha value is -2.51. The molecule has 1 aromatic heterocycles. The van der Waals surface area contributed by atoms with Crippen LogP contribution in [0.2, 0.25) is 0 Å². The average Bonchev–Trinajstić information content (AvgIpc) is 3.49. The number of fused-ring (bicyclic) bond motifs is 2. The van der Waals surface area contributed by atoms with Gasteiger partial charge in [0.05, 0.1) is 12.8 Å². The first-order valence-corrected chi connectivity index (χ1v) is 15.3. The van der Waals surface area contributed by atoms with Gasteiger partial charge in [0.2, 0.25) is 0 Å². The summed E-state index contributed by atoms with van der Waals surface area (Å²) in [6.07, 6.45) is 9.80. The van der Waals surface area contributed by atoms with Gasteiger partial charge in [0, 0.05) is 49.2 Å². The van der Waals surface area contributed by atoms with Crippen molar-refractivity contribution in [3.8, 4) is 11.5 Å². The molecule has 3 aliphatic heterocycles. The van der Waals surface area contributed by atoms with Crippen molar-refractivity contribution in [3.05, 3.63) is 45.8 Å². The summed E-state index contributed by atoms with van der Waals surface area (Å²) in [5.74, 6) is 2.43. The zero-order chi connectivity index (χ0) is 26.5. The maximum absolute atomic E-state index is 14.0. The molecule has 1 saturated carbocycles. The van der Waals surface area contributed by atoms with E-state index in [1.165, 1.54) is 48.8 Å². The van der Waals surface area contributed by atoms with E-state index in [1.54, 1.807) is 7.11 Å². The summed E-state index contributed by atoms with van der Waals surface area (Å²) in [5, 5.41) is 0. The Bertz CT molecular complexity index is 1320. The second-order valence-electron chi connectivity index (χ2n) is 13.1. The molecule has 3 fully saturated rings. The highest BCUT2D eigenvalue weighted by Crippen LogP contribution is 2.67. The minimum Gasteiger partial charge on any atom is -0.493 e. The number of H-pyrrole nitrogens is 1. The molecule has 1 aromatic carbocycles. The molecule has 2 bridgehead atoms. The number of rotatable bonds is 3. The molecule has 6 aliphatic rings. The van der Waals surface area contributed by atoms with Crippen molar-refractivity contribution in [1.82, 2.24) is 19.7 Å². The fourth-order valence-electron chi connectivity index (χ4n) is 9.55. The lowest BCUT2D eigenvalue weighted by atomic mass is 9.51. The molecule has 4 heterocycles. The monoisotopic (exact) mass is 530 g/mol. The van der Waals surface area contributed by atoms with E-state index in [2.05, 4.69) is 45.8 Å². The summed E-state index contributed by atoms with van der Waals surface area (Å²) in [6, 6.07) is 5.57. The largest absolute Gasteiger partial charge is 0.493 e. The lowest BCUT2D eigenvalue weighted by Gasteiger charge is -2.57. The van der Waals surface area contributed by atoms with Crippen LogP contribution < -0.4 is 9.47 Å². The highest BCUT2D eigenvalue weighted by molar-refractivity contribution is 5.94. The molecule has 1 unspecified atom stereocenters. The molecule has 8 rings (SSSR count). The highest BCUT2D eigenvalue weighted by atomic mass is 16.5. The summed E-state index contributed by atoms with van der Waals surface area (Å²) in [6.45, 7) is 6.88. The smallest absolute Gasteiger partial charge is 0.270 e. The Morgan fingerprint density at radius 3 is 2.64 bits per heavy atom. The number of likely N-dealkylation sites (N-methyl/N-ethyl adjacent to an activating group) is 1. The van der Waals surface area contributed by atoms with Crippen molar-refractivity contribution < 1.29 is 14.3 Å². The van der Waals surface area contributed by atoms with Crippen LogP contribution in [0.5, 0.6) is 11.5 Å². The SMILES string of the molecule is COc1ccc2c3c1O[C@H]1c4[nH]c(C(=O)N5CCN(C6CCCCC6)CC5)c(C)c4CC4[C@H](C2)N(C)CC[C@@]341. The van der Waals surface area contributed by atoms with Gasteiger partial charge in [0.25, 0.3) is 5.91 Å². The lowest BCUT2D eigenvalue weighted by Crippen LogP contribution is -2.62. The van der Waals surface area contributed by atoms with Crippen molar-refractivity contribution in [3.63, 3.8) is 0 Å². The number of nitrogens with zero attached hydrogens (tertiary/aromatic N) is 3. The minimum atomic E-state index is -0.0869. The number of carbonyl (C=O) groups excluding carboxylic acids is 1. The second-order valence-corrected chi connectivity index (χ2v) is 13.1. The van der Waals surface area contributed by atoms with Gasteiger partial charge in [-0.05, 0) is 81.3 Å². The Morgan fingerprint density at radius 2 is 1.87 bits per heavy atom. The summed E-state index contributed by atoms with van der Waals surface area (Å²) in [7, 11) is 4.03. The Labute approximate surface area is 231 Å². The maximum atomic E-state index is 14.0. The van der Waals surface area contributed by atoms with Crippen molar-refractivity contribution in [2.24, 2.45) is 5.92 Å². The number of piperazine rings is 1.